The smallest absolute Gasteiger partial charge is 0.297 e. The number of rotatable bonds is 5. The van der Waals surface area contributed by atoms with Gasteiger partial charge < -0.3 is 0 Å². The molecule has 0 spiro atoms. The van der Waals surface area contributed by atoms with Gasteiger partial charge in [-0.2, -0.15) is 18.2 Å². The van der Waals surface area contributed by atoms with E-state index in [0.717, 1.165) is 12.1 Å². The first-order valence-corrected chi connectivity index (χ1v) is 9.88. The predicted octanol–water partition coefficient (Wildman–Crippen LogP) is 3.25. The van der Waals surface area contributed by atoms with Crippen molar-refractivity contribution in [1.29, 1.82) is 0 Å². The third-order valence-corrected chi connectivity index (χ3v) is 6.27. The highest BCUT2D eigenvalue weighted by Gasteiger charge is 2.43. The van der Waals surface area contributed by atoms with Crippen molar-refractivity contribution in [2.24, 2.45) is 0 Å². The Hall–Kier alpha value is -2.01. The van der Waals surface area contributed by atoms with Gasteiger partial charge in [0.15, 0.2) is 0 Å². The van der Waals surface area contributed by atoms with Crippen molar-refractivity contribution in [2.45, 2.75) is 24.0 Å². The molecule has 2 aromatic rings. The SMILES string of the molecule is CN1OCC(S(=O)(=O)NCc2ccc(F)cc2)C1c1cccc(C(F)(F)F)c1. The molecule has 5 nitrogen and oxygen atoms in total. The molecule has 28 heavy (non-hydrogen) atoms. The van der Waals surface area contributed by atoms with E-state index in [9.17, 15) is 26.0 Å². The highest BCUT2D eigenvalue weighted by molar-refractivity contribution is 7.90. The Morgan fingerprint density at radius 3 is 2.50 bits per heavy atom. The van der Waals surface area contributed by atoms with Gasteiger partial charge in [0.1, 0.15) is 11.1 Å². The molecule has 1 heterocycles. The Morgan fingerprint density at radius 1 is 1.18 bits per heavy atom. The summed E-state index contributed by atoms with van der Waals surface area (Å²) in [4.78, 5) is 5.30. The number of hydrogen-bond donors (Lipinski definition) is 1. The maximum atomic E-state index is 13.0. The second kappa shape index (κ2) is 7.78. The summed E-state index contributed by atoms with van der Waals surface area (Å²) in [6.45, 7) is -0.270. The highest BCUT2D eigenvalue weighted by atomic mass is 32.2. The molecule has 152 valence electrons. The number of halogens is 4. The summed E-state index contributed by atoms with van der Waals surface area (Å²) in [5.41, 5.74) is -0.124. The highest BCUT2D eigenvalue weighted by Crippen LogP contribution is 2.36. The van der Waals surface area contributed by atoms with Crippen molar-refractivity contribution in [3.8, 4) is 0 Å². The molecule has 2 aromatic carbocycles. The minimum absolute atomic E-state index is 0.0713. The lowest BCUT2D eigenvalue weighted by atomic mass is 10.0. The summed E-state index contributed by atoms with van der Waals surface area (Å²) in [7, 11) is -2.47. The molecular weight excluding hydrogens is 400 g/mol. The van der Waals surface area contributed by atoms with Crippen LogP contribution >= 0.6 is 0 Å². The molecule has 2 unspecified atom stereocenters. The average molecular weight is 418 g/mol. The quantitative estimate of drug-likeness (QED) is 0.758. The fourth-order valence-electron chi connectivity index (χ4n) is 3.07. The van der Waals surface area contributed by atoms with Crippen LogP contribution in [0.25, 0.3) is 0 Å². The molecular formula is C18H18F4N2O3S. The van der Waals surface area contributed by atoms with Gasteiger partial charge in [-0.1, -0.05) is 24.3 Å². The van der Waals surface area contributed by atoms with Crippen LogP contribution in [0.5, 0.6) is 0 Å². The zero-order valence-electron chi connectivity index (χ0n) is 14.8. The number of hydrogen-bond acceptors (Lipinski definition) is 4. The molecule has 1 saturated heterocycles. The van der Waals surface area contributed by atoms with Crippen molar-refractivity contribution in [3.05, 3.63) is 71.0 Å². The average Bonchev–Trinajstić information content (AvgIpc) is 3.03. The van der Waals surface area contributed by atoms with Crippen LogP contribution < -0.4 is 4.72 Å². The van der Waals surface area contributed by atoms with Crippen LogP contribution in [0.2, 0.25) is 0 Å². The van der Waals surface area contributed by atoms with Gasteiger partial charge in [-0.05, 0) is 35.4 Å². The lowest BCUT2D eigenvalue weighted by Gasteiger charge is -2.24. The van der Waals surface area contributed by atoms with E-state index in [4.69, 9.17) is 4.84 Å². The maximum absolute atomic E-state index is 13.0. The standard InChI is InChI=1S/C18H18F4N2O3S/c1-24-17(13-3-2-4-14(9-13)18(20,21)22)16(11-27-24)28(25,26)23-10-12-5-7-15(19)8-6-12/h2-9,16-17,23H,10-11H2,1H3. The molecule has 0 aromatic heterocycles. The van der Waals surface area contributed by atoms with E-state index < -0.39 is 38.9 Å². The van der Waals surface area contributed by atoms with Crippen molar-refractivity contribution in [3.63, 3.8) is 0 Å². The largest absolute Gasteiger partial charge is 0.416 e. The first kappa shape index (κ1) is 20.7. The Bertz CT molecular complexity index is 933. The zero-order valence-corrected chi connectivity index (χ0v) is 15.6. The fraction of sp³-hybridized carbons (Fsp3) is 0.333. The fourth-order valence-corrected chi connectivity index (χ4v) is 4.56. The van der Waals surface area contributed by atoms with Gasteiger partial charge in [0.05, 0.1) is 18.2 Å². The van der Waals surface area contributed by atoms with Gasteiger partial charge in [0.25, 0.3) is 0 Å². The van der Waals surface area contributed by atoms with Crippen LogP contribution in [-0.4, -0.2) is 32.4 Å². The Balaban J connectivity index is 1.83. The Labute approximate surface area is 159 Å². The Kier molecular flexibility index (Phi) is 5.76. The normalized spacial score (nSPS) is 21.2. The van der Waals surface area contributed by atoms with Crippen LogP contribution in [0, 0.1) is 5.82 Å². The van der Waals surface area contributed by atoms with Gasteiger partial charge in [-0.25, -0.2) is 17.5 Å². The third-order valence-electron chi connectivity index (χ3n) is 4.53. The number of alkyl halides is 3. The van der Waals surface area contributed by atoms with Gasteiger partial charge in [-0.3, -0.25) is 4.84 Å². The molecule has 0 aliphatic carbocycles. The lowest BCUT2D eigenvalue weighted by molar-refractivity contribution is -0.138. The molecule has 1 N–H and O–H groups in total. The molecule has 0 saturated carbocycles. The number of benzene rings is 2. The number of sulfonamides is 1. The topological polar surface area (TPSA) is 58.6 Å². The van der Waals surface area contributed by atoms with Crippen LogP contribution in [0.3, 0.4) is 0 Å². The number of nitrogens with zero attached hydrogens (tertiary/aromatic N) is 1. The number of hydroxylamine groups is 2. The summed E-state index contributed by atoms with van der Waals surface area (Å²) in [6.07, 6.45) is -4.54. The van der Waals surface area contributed by atoms with Crippen LogP contribution in [0.1, 0.15) is 22.7 Å². The van der Waals surface area contributed by atoms with E-state index >= 15 is 0 Å². The summed E-state index contributed by atoms with van der Waals surface area (Å²) < 4.78 is 80.0. The molecule has 1 fully saturated rings. The monoisotopic (exact) mass is 418 g/mol. The second-order valence-electron chi connectivity index (χ2n) is 6.44. The molecule has 0 amide bonds. The maximum Gasteiger partial charge on any atom is 0.416 e. The van der Waals surface area contributed by atoms with E-state index in [1.54, 1.807) is 0 Å². The van der Waals surface area contributed by atoms with E-state index in [1.165, 1.54) is 48.5 Å². The van der Waals surface area contributed by atoms with Gasteiger partial charge in [0.2, 0.25) is 10.0 Å². The van der Waals surface area contributed by atoms with Gasteiger partial charge >= 0.3 is 6.18 Å². The molecule has 1 aliphatic rings. The first-order chi connectivity index (χ1) is 13.1. The summed E-state index contributed by atoms with van der Waals surface area (Å²) in [5, 5.41) is 0.138. The van der Waals surface area contributed by atoms with E-state index in [0.29, 0.717) is 5.56 Å². The summed E-state index contributed by atoms with van der Waals surface area (Å²) in [6, 6.07) is 8.93. The number of nitrogens with one attached hydrogen (secondary N) is 1. The van der Waals surface area contributed by atoms with Crippen molar-refractivity contribution in [1.82, 2.24) is 9.79 Å². The van der Waals surface area contributed by atoms with Gasteiger partial charge in [-0.15, -0.1) is 0 Å². The first-order valence-electron chi connectivity index (χ1n) is 8.34. The molecule has 2 atom stereocenters. The second-order valence-corrected chi connectivity index (χ2v) is 8.43. The summed E-state index contributed by atoms with van der Waals surface area (Å²) >= 11 is 0. The molecule has 10 heteroatoms. The third kappa shape index (κ3) is 4.52. The molecule has 3 rings (SSSR count). The van der Waals surface area contributed by atoms with E-state index in [1.807, 2.05) is 0 Å². The van der Waals surface area contributed by atoms with Crippen molar-refractivity contribution < 1.29 is 30.8 Å². The van der Waals surface area contributed by atoms with Crippen LogP contribution in [0.15, 0.2) is 48.5 Å². The lowest BCUT2D eigenvalue weighted by Crippen LogP contribution is -2.39. The zero-order chi connectivity index (χ0) is 20.5. The molecule has 0 radical (unpaired) electrons. The minimum atomic E-state index is -4.54. The van der Waals surface area contributed by atoms with Crippen molar-refractivity contribution >= 4 is 10.0 Å². The van der Waals surface area contributed by atoms with Crippen LogP contribution in [-0.2, 0) is 27.6 Å². The van der Waals surface area contributed by atoms with Crippen LogP contribution in [0.4, 0.5) is 17.6 Å². The van der Waals surface area contributed by atoms with E-state index in [2.05, 4.69) is 4.72 Å². The van der Waals surface area contributed by atoms with Crippen molar-refractivity contribution in [2.75, 3.05) is 13.7 Å². The summed E-state index contributed by atoms with van der Waals surface area (Å²) in [5.74, 6) is -0.443. The minimum Gasteiger partial charge on any atom is -0.297 e. The van der Waals surface area contributed by atoms with E-state index in [-0.39, 0.29) is 18.7 Å². The van der Waals surface area contributed by atoms with Gasteiger partial charge in [0, 0.05) is 13.6 Å². The predicted molar refractivity (Wildman–Crippen MR) is 93.8 cm³/mol. The Morgan fingerprint density at radius 2 is 1.86 bits per heavy atom. The molecule has 0 bridgehead atoms. The molecule has 1 aliphatic heterocycles.